The summed E-state index contributed by atoms with van der Waals surface area (Å²) < 4.78 is 27.2. The maximum Gasteiger partial charge on any atom is 0.338 e. The number of carboxylic acid groups (broad SMARTS) is 1. The summed E-state index contributed by atoms with van der Waals surface area (Å²) in [5.74, 6) is -4.15. The van der Waals surface area contributed by atoms with E-state index >= 15 is 0 Å². The summed E-state index contributed by atoms with van der Waals surface area (Å²) in [7, 11) is 0. The smallest absolute Gasteiger partial charge is 0.338 e. The summed E-state index contributed by atoms with van der Waals surface area (Å²) in [6, 6.07) is 1.88. The first kappa shape index (κ1) is 15.7. The largest absolute Gasteiger partial charge is 0.478 e. The fourth-order valence-electron chi connectivity index (χ4n) is 1.60. The Bertz CT molecular complexity index is 467. The maximum atomic E-state index is 13.7. The molecule has 1 rings (SSSR count). The fraction of sp³-hybridized carbons (Fsp3) is 0.417. The lowest BCUT2D eigenvalue weighted by molar-refractivity contribution is 0.0690. The number of halogens is 2. The topological polar surface area (TPSA) is 69.6 Å². The predicted molar refractivity (Wildman–Crippen MR) is 70.8 cm³/mol. The van der Waals surface area contributed by atoms with E-state index in [0.717, 1.165) is 6.07 Å². The van der Waals surface area contributed by atoms with Gasteiger partial charge in [-0.3, -0.25) is 0 Å². The number of hydrogen-bond acceptors (Lipinski definition) is 4. The number of thioether (sulfide) groups is 1. The van der Waals surface area contributed by atoms with Gasteiger partial charge in [0.2, 0.25) is 0 Å². The third kappa shape index (κ3) is 3.57. The van der Waals surface area contributed by atoms with E-state index in [9.17, 15) is 13.6 Å². The predicted octanol–water partition coefficient (Wildman–Crippen LogP) is 2.19. The van der Waals surface area contributed by atoms with Crippen LogP contribution in [0.15, 0.2) is 12.1 Å². The quantitative estimate of drug-likeness (QED) is 0.749. The Labute approximate surface area is 113 Å². The number of aromatic carboxylic acids is 1. The van der Waals surface area contributed by atoms with Gasteiger partial charge in [-0.1, -0.05) is 0 Å². The van der Waals surface area contributed by atoms with Gasteiger partial charge >= 0.3 is 5.97 Å². The fourth-order valence-corrected chi connectivity index (χ4v) is 2.23. The van der Waals surface area contributed by atoms with Gasteiger partial charge in [0.15, 0.2) is 11.6 Å². The molecular formula is C12H15F2NO3S. The van der Waals surface area contributed by atoms with Crippen molar-refractivity contribution in [1.29, 1.82) is 0 Å². The van der Waals surface area contributed by atoms with Gasteiger partial charge in [-0.15, -0.1) is 0 Å². The van der Waals surface area contributed by atoms with Crippen molar-refractivity contribution in [2.45, 2.75) is 18.2 Å². The number of anilines is 1. The molecule has 1 aromatic rings. The molecule has 4 nitrogen and oxygen atoms in total. The summed E-state index contributed by atoms with van der Waals surface area (Å²) >= 11 is 1.39. The average Bonchev–Trinajstić information content (AvgIpc) is 2.36. The molecule has 0 amide bonds. The second-order valence-corrected chi connectivity index (χ2v) is 5.06. The average molecular weight is 291 g/mol. The minimum atomic E-state index is -1.52. The molecule has 0 aromatic heterocycles. The van der Waals surface area contributed by atoms with E-state index in [-0.39, 0.29) is 23.6 Å². The van der Waals surface area contributed by atoms with Gasteiger partial charge in [-0.05, 0) is 25.3 Å². The van der Waals surface area contributed by atoms with Gasteiger partial charge in [0.05, 0.1) is 17.9 Å². The summed E-state index contributed by atoms with van der Waals surface area (Å²) in [6.45, 7) is 1.62. The number of aliphatic hydroxyl groups is 1. The van der Waals surface area contributed by atoms with Gasteiger partial charge in [0.1, 0.15) is 0 Å². The molecule has 0 saturated carbocycles. The number of carboxylic acids is 1. The molecule has 2 atom stereocenters. The van der Waals surface area contributed by atoms with E-state index in [1.807, 2.05) is 0 Å². The SMILES string of the molecule is CSC(CO)C(C)Nc1ccc(C(=O)O)c(F)c1F. The van der Waals surface area contributed by atoms with E-state index in [0.29, 0.717) is 0 Å². The van der Waals surface area contributed by atoms with Crippen LogP contribution in [0.2, 0.25) is 0 Å². The van der Waals surface area contributed by atoms with Crippen LogP contribution in [0, 0.1) is 11.6 Å². The van der Waals surface area contributed by atoms with Gasteiger partial charge in [0, 0.05) is 11.3 Å². The zero-order chi connectivity index (χ0) is 14.6. The zero-order valence-electron chi connectivity index (χ0n) is 10.5. The number of carbonyl (C=O) groups is 1. The third-order valence-electron chi connectivity index (χ3n) is 2.74. The van der Waals surface area contributed by atoms with Crippen molar-refractivity contribution in [1.82, 2.24) is 0 Å². The van der Waals surface area contributed by atoms with E-state index in [1.165, 1.54) is 17.8 Å². The highest BCUT2D eigenvalue weighted by molar-refractivity contribution is 7.99. The first-order valence-corrected chi connectivity index (χ1v) is 6.82. The number of hydrogen-bond donors (Lipinski definition) is 3. The van der Waals surface area contributed by atoms with Crippen LogP contribution in [0.4, 0.5) is 14.5 Å². The molecular weight excluding hydrogens is 276 g/mol. The molecule has 0 radical (unpaired) electrons. The molecule has 0 spiro atoms. The molecule has 0 heterocycles. The van der Waals surface area contributed by atoms with E-state index < -0.39 is 23.2 Å². The van der Waals surface area contributed by atoms with Crippen LogP contribution in [0.3, 0.4) is 0 Å². The Kier molecular flexibility index (Phi) is 5.56. The third-order valence-corrected chi connectivity index (χ3v) is 3.90. The summed E-state index contributed by atoms with van der Waals surface area (Å²) in [5, 5.41) is 20.3. The molecule has 1 aromatic carbocycles. The van der Waals surface area contributed by atoms with Crippen molar-refractivity contribution in [3.8, 4) is 0 Å². The summed E-state index contributed by atoms with van der Waals surface area (Å²) in [5.41, 5.74) is -0.832. The lowest BCUT2D eigenvalue weighted by Gasteiger charge is -2.22. The minimum absolute atomic E-state index is 0.105. The molecule has 0 fully saturated rings. The monoisotopic (exact) mass is 291 g/mol. The van der Waals surface area contributed by atoms with Crippen LogP contribution in [0.25, 0.3) is 0 Å². The normalized spacial score (nSPS) is 13.9. The molecule has 106 valence electrons. The first-order valence-electron chi connectivity index (χ1n) is 5.53. The van der Waals surface area contributed by atoms with E-state index in [1.54, 1.807) is 13.2 Å². The number of nitrogens with one attached hydrogen (secondary N) is 1. The highest BCUT2D eigenvalue weighted by atomic mass is 32.2. The minimum Gasteiger partial charge on any atom is -0.478 e. The van der Waals surface area contributed by atoms with Crippen LogP contribution in [0.1, 0.15) is 17.3 Å². The van der Waals surface area contributed by atoms with Crippen LogP contribution in [-0.2, 0) is 0 Å². The van der Waals surface area contributed by atoms with E-state index in [2.05, 4.69) is 5.32 Å². The van der Waals surface area contributed by atoms with Crippen molar-refractivity contribution in [2.24, 2.45) is 0 Å². The van der Waals surface area contributed by atoms with Crippen molar-refractivity contribution >= 4 is 23.4 Å². The van der Waals surface area contributed by atoms with E-state index in [4.69, 9.17) is 10.2 Å². The number of benzene rings is 1. The van der Waals surface area contributed by atoms with Crippen LogP contribution >= 0.6 is 11.8 Å². The highest BCUT2D eigenvalue weighted by Gasteiger charge is 2.21. The molecule has 0 saturated heterocycles. The molecule has 0 bridgehead atoms. The lowest BCUT2D eigenvalue weighted by Crippen LogP contribution is -2.31. The summed E-state index contributed by atoms with van der Waals surface area (Å²) in [4.78, 5) is 10.6. The number of rotatable bonds is 6. The van der Waals surface area contributed by atoms with Gasteiger partial charge in [-0.25, -0.2) is 13.6 Å². The van der Waals surface area contributed by atoms with Crippen LogP contribution in [-0.4, -0.2) is 40.3 Å². The Morgan fingerprint density at radius 3 is 2.53 bits per heavy atom. The Hall–Kier alpha value is -1.34. The zero-order valence-corrected chi connectivity index (χ0v) is 11.3. The first-order chi connectivity index (χ1) is 8.92. The van der Waals surface area contributed by atoms with Crippen molar-refractivity contribution in [3.63, 3.8) is 0 Å². The molecule has 0 aliphatic heterocycles. The molecule has 0 aliphatic carbocycles. The molecule has 19 heavy (non-hydrogen) atoms. The second kappa shape index (κ2) is 6.72. The number of aliphatic hydroxyl groups excluding tert-OH is 1. The van der Waals surface area contributed by atoms with Crippen molar-refractivity contribution in [3.05, 3.63) is 29.3 Å². The van der Waals surface area contributed by atoms with Gasteiger partial charge in [-0.2, -0.15) is 11.8 Å². The summed E-state index contributed by atoms with van der Waals surface area (Å²) in [6.07, 6.45) is 1.80. The Balaban J connectivity index is 2.97. The molecule has 2 unspecified atom stereocenters. The van der Waals surface area contributed by atoms with Crippen LogP contribution < -0.4 is 5.32 Å². The lowest BCUT2D eigenvalue weighted by atomic mass is 10.1. The van der Waals surface area contributed by atoms with Crippen LogP contribution in [0.5, 0.6) is 0 Å². The second-order valence-electron chi connectivity index (χ2n) is 3.98. The molecule has 7 heteroatoms. The van der Waals surface area contributed by atoms with Gasteiger partial charge in [0.25, 0.3) is 0 Å². The Morgan fingerprint density at radius 2 is 2.05 bits per heavy atom. The van der Waals surface area contributed by atoms with Gasteiger partial charge < -0.3 is 15.5 Å². The standard InChI is InChI=1S/C12H15F2NO3S/c1-6(9(5-16)19-2)15-8-4-3-7(12(17)18)10(13)11(8)14/h3-4,6,9,15-16H,5H2,1-2H3,(H,17,18). The van der Waals surface area contributed by atoms with Crippen molar-refractivity contribution in [2.75, 3.05) is 18.2 Å². The highest BCUT2D eigenvalue weighted by Crippen LogP contribution is 2.23. The molecule has 0 aliphatic rings. The molecule has 3 N–H and O–H groups in total. The maximum absolute atomic E-state index is 13.7. The van der Waals surface area contributed by atoms with Crippen molar-refractivity contribution < 1.29 is 23.8 Å². The Morgan fingerprint density at radius 1 is 1.42 bits per heavy atom.